The standard InChI is InChI=1S/C16H12BrNO3.C15H9BrN2O2.C7H8O3S.C7H8/c1-21-16-6-5-11(17)7-13(16)15(20)8-12-10(9-18)3-2-4-14(12)19;1-17-11-4-3-5-13-14(11)18-15(20-13)10-8-9(16)6-7-12(10)19-2;1-6-2-4-7(5-3-6)11(8,9)10;1-7-5-3-2-4-6-7/h2-7,19H,8H2,1H3;3-8H,2H3;2-5H,1H3,(H,8,9,10);2-6H,1H3. The third kappa shape index (κ3) is 12.9. The van der Waals surface area contributed by atoms with E-state index < -0.39 is 10.1 Å². The van der Waals surface area contributed by atoms with Crippen LogP contribution >= 0.6 is 31.9 Å². The van der Waals surface area contributed by atoms with Gasteiger partial charge < -0.3 is 19.0 Å². The number of aromatic hydroxyl groups is 1. The summed E-state index contributed by atoms with van der Waals surface area (Å²) in [6.45, 7) is 11.1. The van der Waals surface area contributed by atoms with E-state index >= 15 is 0 Å². The van der Waals surface area contributed by atoms with Gasteiger partial charge in [-0.25, -0.2) is 9.83 Å². The van der Waals surface area contributed by atoms with Crippen LogP contribution in [0.2, 0.25) is 0 Å². The molecule has 0 fully saturated rings. The van der Waals surface area contributed by atoms with Gasteiger partial charge >= 0.3 is 0 Å². The van der Waals surface area contributed by atoms with Gasteiger partial charge in [-0.2, -0.15) is 13.7 Å². The zero-order valence-electron chi connectivity index (χ0n) is 32.2. The number of methoxy groups -OCH3 is 2. The molecule has 6 aromatic carbocycles. The highest BCUT2D eigenvalue weighted by Crippen LogP contribution is 2.36. The van der Waals surface area contributed by atoms with Crippen LogP contribution in [0.4, 0.5) is 5.69 Å². The first-order valence-electron chi connectivity index (χ1n) is 17.4. The molecule has 0 radical (unpaired) electrons. The van der Waals surface area contributed by atoms with Crippen LogP contribution in [-0.2, 0) is 16.5 Å². The number of ketones is 1. The Morgan fingerprint density at radius 2 is 1.44 bits per heavy atom. The molecule has 7 aromatic rings. The summed E-state index contributed by atoms with van der Waals surface area (Å²) in [5.41, 5.74) is 5.68. The third-order valence-corrected chi connectivity index (χ3v) is 10.1. The predicted molar refractivity (Wildman–Crippen MR) is 234 cm³/mol. The smallest absolute Gasteiger partial charge is 0.294 e. The van der Waals surface area contributed by atoms with E-state index in [0.717, 1.165) is 20.1 Å². The normalized spacial score (nSPS) is 10.3. The van der Waals surface area contributed by atoms with Crippen LogP contribution in [0.3, 0.4) is 0 Å². The van der Waals surface area contributed by atoms with Gasteiger partial charge in [0.15, 0.2) is 5.78 Å². The number of phenols is 1. The van der Waals surface area contributed by atoms with Gasteiger partial charge in [0.05, 0.1) is 48.4 Å². The number of oxazole rings is 1. The average Bonchev–Trinajstić information content (AvgIpc) is 3.67. The molecule has 59 heavy (non-hydrogen) atoms. The van der Waals surface area contributed by atoms with Crippen molar-refractivity contribution in [3.05, 3.63) is 176 Å². The van der Waals surface area contributed by atoms with Crippen LogP contribution in [-0.4, -0.2) is 43.1 Å². The number of hydrogen-bond donors (Lipinski definition) is 2. The highest BCUT2D eigenvalue weighted by Gasteiger charge is 2.18. The Bertz CT molecular complexity index is 2740. The molecule has 0 aliphatic rings. The van der Waals surface area contributed by atoms with Crippen molar-refractivity contribution in [1.82, 2.24) is 4.98 Å². The third-order valence-electron chi connectivity index (χ3n) is 8.24. The van der Waals surface area contributed by atoms with Crippen molar-refractivity contribution in [2.24, 2.45) is 0 Å². The summed E-state index contributed by atoms with van der Waals surface area (Å²) in [6.07, 6.45) is -0.0671. The van der Waals surface area contributed by atoms with E-state index in [0.29, 0.717) is 45.3 Å². The zero-order chi connectivity index (χ0) is 43.1. The maximum absolute atomic E-state index is 12.4. The van der Waals surface area contributed by atoms with Gasteiger partial charge in [0, 0.05) is 20.9 Å². The number of fused-ring (bicyclic) bond motifs is 1. The monoisotopic (exact) mass is 937 g/mol. The van der Waals surface area contributed by atoms with Gasteiger partial charge in [0.1, 0.15) is 28.3 Å². The number of benzene rings is 6. The summed E-state index contributed by atoms with van der Waals surface area (Å²) >= 11 is 6.73. The maximum atomic E-state index is 12.4. The number of aromatic nitrogens is 1. The van der Waals surface area contributed by atoms with E-state index in [-0.39, 0.29) is 28.4 Å². The molecule has 0 spiro atoms. The quantitative estimate of drug-likeness (QED) is 0.0893. The molecule has 0 aliphatic heterocycles. The van der Waals surface area contributed by atoms with Gasteiger partial charge in [-0.15, -0.1) is 0 Å². The number of para-hydroxylation sites is 1. The van der Waals surface area contributed by atoms with Crippen molar-refractivity contribution in [1.29, 1.82) is 5.26 Å². The minimum atomic E-state index is -4.02. The van der Waals surface area contributed by atoms with Gasteiger partial charge in [0.2, 0.25) is 11.6 Å². The summed E-state index contributed by atoms with van der Waals surface area (Å²) in [5.74, 6) is 1.28. The molecule has 0 aliphatic carbocycles. The Morgan fingerprint density at radius 1 is 0.831 bits per heavy atom. The van der Waals surface area contributed by atoms with Gasteiger partial charge in [-0.1, -0.05) is 104 Å². The van der Waals surface area contributed by atoms with Crippen molar-refractivity contribution in [3.8, 4) is 34.8 Å². The Balaban J connectivity index is 0.000000187. The number of aryl methyl sites for hydroxylation is 2. The summed E-state index contributed by atoms with van der Waals surface area (Å²) < 4.78 is 47.5. The minimum Gasteiger partial charge on any atom is -0.508 e. The lowest BCUT2D eigenvalue weighted by Crippen LogP contribution is -2.07. The number of carbonyl (C=O) groups is 1. The van der Waals surface area contributed by atoms with Crippen molar-refractivity contribution >= 4 is 64.5 Å². The molecule has 0 amide bonds. The van der Waals surface area contributed by atoms with E-state index in [9.17, 15) is 18.3 Å². The lowest BCUT2D eigenvalue weighted by Gasteiger charge is -2.10. The van der Waals surface area contributed by atoms with Gasteiger partial charge in [-0.3, -0.25) is 9.35 Å². The van der Waals surface area contributed by atoms with Crippen LogP contribution in [0.5, 0.6) is 17.2 Å². The van der Waals surface area contributed by atoms with Crippen molar-refractivity contribution in [2.45, 2.75) is 25.2 Å². The molecule has 7 rings (SSSR count). The average molecular weight is 940 g/mol. The minimum absolute atomic E-state index is 0.0589. The van der Waals surface area contributed by atoms with E-state index in [2.05, 4.69) is 60.7 Å². The summed E-state index contributed by atoms with van der Waals surface area (Å²) in [7, 11) is -0.936. The number of phenolic OH excluding ortho intramolecular Hbond substituents is 1. The summed E-state index contributed by atoms with van der Waals surface area (Å²) in [4.78, 5) is 20.3. The molecular weight excluding hydrogens is 902 g/mol. The molecule has 0 unspecified atom stereocenters. The van der Waals surface area contributed by atoms with Crippen molar-refractivity contribution < 1.29 is 36.8 Å². The second-order valence-corrected chi connectivity index (χ2v) is 15.7. The molecule has 2 N–H and O–H groups in total. The summed E-state index contributed by atoms with van der Waals surface area (Å²) in [5, 5.41) is 18.9. The molecule has 0 bridgehead atoms. The SMILES string of the molecule is COc1ccc(Br)cc1C(=O)Cc1c(O)cccc1C#N.Cc1ccc(S(=O)(=O)O)cc1.Cc1ccccc1.[C-]#[N+]c1cccc2oc(-c3cc(Br)ccc3OC)nc12. The number of ether oxygens (including phenoxy) is 2. The Hall–Kier alpha value is -6.29. The van der Waals surface area contributed by atoms with Crippen LogP contribution in [0.1, 0.15) is 32.6 Å². The van der Waals surface area contributed by atoms with E-state index in [4.69, 9.17) is 30.3 Å². The Morgan fingerprint density at radius 3 is 2.02 bits per heavy atom. The summed E-state index contributed by atoms with van der Waals surface area (Å²) in [6, 6.07) is 38.8. The molecular formula is C45H37Br2N3O8S. The van der Waals surface area contributed by atoms with E-state index in [1.54, 1.807) is 67.8 Å². The first kappa shape index (κ1) is 45.4. The number of halogens is 2. The Labute approximate surface area is 359 Å². The van der Waals surface area contributed by atoms with Crippen LogP contribution in [0.15, 0.2) is 146 Å². The zero-order valence-corrected chi connectivity index (χ0v) is 36.2. The van der Waals surface area contributed by atoms with Crippen molar-refractivity contribution in [3.63, 3.8) is 0 Å². The fraction of sp³-hybridized carbons (Fsp3) is 0.111. The first-order chi connectivity index (χ1) is 28.2. The molecule has 0 saturated heterocycles. The number of Topliss-reactive ketones (excluding diaryl/α,β-unsaturated/α-hetero) is 1. The molecule has 300 valence electrons. The number of hydrogen-bond acceptors (Lipinski definition) is 9. The number of rotatable bonds is 7. The van der Waals surface area contributed by atoms with E-state index in [1.165, 1.54) is 30.9 Å². The Kier molecular flexibility index (Phi) is 16.5. The van der Waals surface area contributed by atoms with Gasteiger partial charge in [-0.05, 0) is 80.6 Å². The number of nitrogens with zero attached hydrogens (tertiary/aromatic N) is 3. The predicted octanol–water partition coefficient (Wildman–Crippen LogP) is 11.5. The second kappa shape index (κ2) is 21.5. The van der Waals surface area contributed by atoms with Crippen LogP contribution in [0, 0.1) is 31.8 Å². The highest BCUT2D eigenvalue weighted by molar-refractivity contribution is 9.10. The van der Waals surface area contributed by atoms with Crippen LogP contribution in [0.25, 0.3) is 27.4 Å². The van der Waals surface area contributed by atoms with Crippen LogP contribution < -0.4 is 9.47 Å². The van der Waals surface area contributed by atoms with E-state index in [1.807, 2.05) is 49.4 Å². The largest absolute Gasteiger partial charge is 0.508 e. The topological polar surface area (TPSA) is 164 Å². The molecule has 0 saturated carbocycles. The first-order valence-corrected chi connectivity index (χ1v) is 20.5. The number of nitriles is 1. The lowest BCUT2D eigenvalue weighted by atomic mass is 9.98. The maximum Gasteiger partial charge on any atom is 0.294 e. The lowest BCUT2D eigenvalue weighted by molar-refractivity contribution is 0.0989. The molecule has 1 aromatic heterocycles. The fourth-order valence-electron chi connectivity index (χ4n) is 5.25. The highest BCUT2D eigenvalue weighted by atomic mass is 79.9. The van der Waals surface area contributed by atoms with Crippen molar-refractivity contribution in [2.75, 3.05) is 14.2 Å². The molecule has 1 heterocycles. The number of carbonyl (C=O) groups excluding carboxylic acids is 1. The fourth-order valence-corrected chi connectivity index (χ4v) is 6.45. The molecule has 14 heteroatoms. The second-order valence-electron chi connectivity index (χ2n) is 12.4. The van der Waals surface area contributed by atoms with Gasteiger partial charge in [0.25, 0.3) is 10.1 Å². The molecule has 0 atom stereocenters. The molecule has 11 nitrogen and oxygen atoms in total.